The fourth-order valence-electron chi connectivity index (χ4n) is 1.75. The summed E-state index contributed by atoms with van der Waals surface area (Å²) in [5.41, 5.74) is -0.184. The van der Waals surface area contributed by atoms with Gasteiger partial charge in [-0.25, -0.2) is 0 Å². The molecule has 0 heterocycles. The molecule has 116 valence electrons. The predicted molar refractivity (Wildman–Crippen MR) is 77.6 cm³/mol. The minimum absolute atomic E-state index is 0.184. The molecule has 0 saturated carbocycles. The summed E-state index contributed by atoms with van der Waals surface area (Å²) in [4.78, 5) is 0. The molecule has 0 amide bonds. The topological polar surface area (TPSA) is 36.9 Å². The van der Waals surface area contributed by atoms with E-state index in [-0.39, 0.29) is 5.41 Å². The molecule has 0 fully saturated rings. The summed E-state index contributed by atoms with van der Waals surface area (Å²) in [7, 11) is 0. The Morgan fingerprint density at radius 1 is 0.579 bits per heavy atom. The minimum Gasteiger partial charge on any atom is -0.381 e. The van der Waals surface area contributed by atoms with Crippen molar-refractivity contribution in [3.63, 3.8) is 0 Å². The van der Waals surface area contributed by atoms with E-state index in [9.17, 15) is 0 Å². The molecule has 0 unspecified atom stereocenters. The van der Waals surface area contributed by atoms with E-state index < -0.39 is 0 Å². The van der Waals surface area contributed by atoms with Crippen molar-refractivity contribution in [2.45, 2.75) is 40.5 Å². The van der Waals surface area contributed by atoms with E-state index in [0.29, 0.717) is 39.6 Å². The average molecular weight is 276 g/mol. The molecule has 0 spiro atoms. The standard InChI is InChI=1S/C15H32O4/c1-5-9-18-13-15(11-16-7-3,12-17-8-4)14-19-10-6-2/h5-14H2,1-4H3. The molecule has 0 atom stereocenters. The van der Waals surface area contributed by atoms with Crippen LogP contribution < -0.4 is 0 Å². The molecule has 0 saturated heterocycles. The van der Waals surface area contributed by atoms with Crippen molar-refractivity contribution in [1.29, 1.82) is 0 Å². The maximum atomic E-state index is 5.73. The third-order valence-electron chi connectivity index (χ3n) is 2.74. The van der Waals surface area contributed by atoms with Crippen LogP contribution in [0.15, 0.2) is 0 Å². The normalized spacial score (nSPS) is 12.0. The lowest BCUT2D eigenvalue weighted by Gasteiger charge is -2.32. The summed E-state index contributed by atoms with van der Waals surface area (Å²) in [5.74, 6) is 0. The van der Waals surface area contributed by atoms with Crippen molar-refractivity contribution in [2.75, 3.05) is 52.9 Å². The van der Waals surface area contributed by atoms with Gasteiger partial charge in [-0.15, -0.1) is 0 Å². The van der Waals surface area contributed by atoms with E-state index in [4.69, 9.17) is 18.9 Å². The highest BCUT2D eigenvalue weighted by Crippen LogP contribution is 2.21. The molecule has 0 aromatic carbocycles. The zero-order valence-electron chi connectivity index (χ0n) is 13.2. The Kier molecular flexibility index (Phi) is 12.7. The third-order valence-corrected chi connectivity index (χ3v) is 2.74. The first-order valence-corrected chi connectivity index (χ1v) is 7.55. The van der Waals surface area contributed by atoms with Gasteiger partial charge in [-0.05, 0) is 26.7 Å². The Morgan fingerprint density at radius 2 is 0.947 bits per heavy atom. The lowest BCUT2D eigenvalue weighted by atomic mass is 9.92. The average Bonchev–Trinajstić information content (AvgIpc) is 2.43. The van der Waals surface area contributed by atoms with Crippen molar-refractivity contribution < 1.29 is 18.9 Å². The van der Waals surface area contributed by atoms with Crippen molar-refractivity contribution in [2.24, 2.45) is 5.41 Å². The van der Waals surface area contributed by atoms with Crippen LogP contribution in [0.2, 0.25) is 0 Å². The Balaban J connectivity index is 4.44. The van der Waals surface area contributed by atoms with Crippen molar-refractivity contribution in [1.82, 2.24) is 0 Å². The van der Waals surface area contributed by atoms with E-state index in [1.54, 1.807) is 0 Å². The molecule has 0 N–H and O–H groups in total. The van der Waals surface area contributed by atoms with Gasteiger partial charge in [0.25, 0.3) is 0 Å². The van der Waals surface area contributed by atoms with Gasteiger partial charge in [0.05, 0.1) is 31.8 Å². The molecule has 0 aliphatic carbocycles. The fourth-order valence-corrected chi connectivity index (χ4v) is 1.75. The summed E-state index contributed by atoms with van der Waals surface area (Å²) in [6.07, 6.45) is 2.05. The number of hydrogen-bond donors (Lipinski definition) is 0. The Hall–Kier alpha value is -0.160. The van der Waals surface area contributed by atoms with Gasteiger partial charge >= 0.3 is 0 Å². The SMILES string of the molecule is CCCOCC(COCC)(COCC)COCCC. The Bertz CT molecular complexity index is 165. The van der Waals surface area contributed by atoms with Gasteiger partial charge < -0.3 is 18.9 Å². The molecule has 0 aromatic rings. The highest BCUT2D eigenvalue weighted by molar-refractivity contribution is 4.79. The van der Waals surface area contributed by atoms with Gasteiger partial charge in [0.2, 0.25) is 0 Å². The molecule has 0 aromatic heterocycles. The number of hydrogen-bond acceptors (Lipinski definition) is 4. The monoisotopic (exact) mass is 276 g/mol. The highest BCUT2D eigenvalue weighted by atomic mass is 16.5. The molecular weight excluding hydrogens is 244 g/mol. The number of rotatable bonds is 14. The van der Waals surface area contributed by atoms with Crippen LogP contribution in [0.3, 0.4) is 0 Å². The zero-order valence-corrected chi connectivity index (χ0v) is 13.2. The third kappa shape index (κ3) is 9.38. The summed E-state index contributed by atoms with van der Waals surface area (Å²) in [6, 6.07) is 0. The largest absolute Gasteiger partial charge is 0.381 e. The first-order chi connectivity index (χ1) is 9.24. The number of ether oxygens (including phenoxy) is 4. The first kappa shape index (κ1) is 18.8. The van der Waals surface area contributed by atoms with Gasteiger partial charge in [0.15, 0.2) is 0 Å². The van der Waals surface area contributed by atoms with Crippen LogP contribution >= 0.6 is 0 Å². The fraction of sp³-hybridized carbons (Fsp3) is 1.00. The molecule has 0 rings (SSSR count). The molecule has 0 radical (unpaired) electrons. The van der Waals surface area contributed by atoms with Gasteiger partial charge in [-0.1, -0.05) is 13.8 Å². The Morgan fingerprint density at radius 3 is 1.26 bits per heavy atom. The predicted octanol–water partition coefficient (Wildman–Crippen LogP) is 2.90. The van der Waals surface area contributed by atoms with Crippen LogP contribution in [-0.2, 0) is 18.9 Å². The maximum absolute atomic E-state index is 5.73. The van der Waals surface area contributed by atoms with E-state index in [1.165, 1.54) is 0 Å². The van der Waals surface area contributed by atoms with Crippen LogP contribution in [-0.4, -0.2) is 52.9 Å². The van der Waals surface area contributed by atoms with Crippen molar-refractivity contribution in [3.8, 4) is 0 Å². The summed E-state index contributed by atoms with van der Waals surface area (Å²) < 4.78 is 22.7. The smallest absolute Gasteiger partial charge is 0.0637 e. The lowest BCUT2D eigenvalue weighted by molar-refractivity contribution is -0.104. The molecule has 4 heteroatoms. The van der Waals surface area contributed by atoms with Crippen LogP contribution in [0.25, 0.3) is 0 Å². The highest BCUT2D eigenvalue weighted by Gasteiger charge is 2.32. The van der Waals surface area contributed by atoms with Crippen LogP contribution in [0.1, 0.15) is 40.5 Å². The van der Waals surface area contributed by atoms with E-state index in [0.717, 1.165) is 26.1 Å². The Labute approximate surface area is 118 Å². The molecule has 4 nitrogen and oxygen atoms in total. The molecular formula is C15H32O4. The van der Waals surface area contributed by atoms with Crippen LogP contribution in [0.5, 0.6) is 0 Å². The van der Waals surface area contributed by atoms with E-state index >= 15 is 0 Å². The second-order valence-electron chi connectivity index (χ2n) is 4.88. The lowest BCUT2D eigenvalue weighted by Crippen LogP contribution is -2.42. The molecule has 0 aliphatic rings. The zero-order chi connectivity index (χ0) is 14.4. The van der Waals surface area contributed by atoms with Crippen LogP contribution in [0, 0.1) is 5.41 Å². The van der Waals surface area contributed by atoms with Gasteiger partial charge in [0, 0.05) is 26.4 Å². The summed E-state index contributed by atoms with van der Waals surface area (Å²) >= 11 is 0. The van der Waals surface area contributed by atoms with Gasteiger partial charge in [0.1, 0.15) is 0 Å². The minimum atomic E-state index is -0.184. The quantitative estimate of drug-likeness (QED) is 0.457. The van der Waals surface area contributed by atoms with Crippen molar-refractivity contribution in [3.05, 3.63) is 0 Å². The summed E-state index contributed by atoms with van der Waals surface area (Å²) in [5, 5.41) is 0. The second kappa shape index (κ2) is 12.9. The molecule has 19 heavy (non-hydrogen) atoms. The van der Waals surface area contributed by atoms with Crippen LogP contribution in [0.4, 0.5) is 0 Å². The molecule has 0 aliphatic heterocycles. The first-order valence-electron chi connectivity index (χ1n) is 7.55. The second-order valence-corrected chi connectivity index (χ2v) is 4.88. The van der Waals surface area contributed by atoms with E-state index in [1.807, 2.05) is 13.8 Å². The van der Waals surface area contributed by atoms with Gasteiger partial charge in [-0.2, -0.15) is 0 Å². The summed E-state index contributed by atoms with van der Waals surface area (Å²) in [6.45, 7) is 13.7. The molecule has 0 bridgehead atoms. The maximum Gasteiger partial charge on any atom is 0.0637 e. The van der Waals surface area contributed by atoms with Crippen molar-refractivity contribution >= 4 is 0 Å². The van der Waals surface area contributed by atoms with Gasteiger partial charge in [-0.3, -0.25) is 0 Å². The van der Waals surface area contributed by atoms with E-state index in [2.05, 4.69) is 13.8 Å².